The molecule has 19 heteroatoms. The zero-order valence-corrected chi connectivity index (χ0v) is 68.3. The highest BCUT2D eigenvalue weighted by atomic mass is 31.2. The SMILES string of the molecule is CCC(C)CCCCCCCCCCCCCCCCCCCCC(=O)O[C@H](COC(=O)CCCCCCCCCCCCCCCCC(C)C)COP(=O)(O)OC[C@@H](O)COP(=O)(O)OC[C@@H](COC(=O)CCCCCCCCC(C)C)OC(=O)CCCCCCCCCCCCC(C)C. The Bertz CT molecular complexity index is 1970. The number of aliphatic hydroxyl groups excluding tert-OH is 1. The van der Waals surface area contributed by atoms with Gasteiger partial charge in [-0.2, -0.15) is 0 Å². The van der Waals surface area contributed by atoms with Crippen molar-refractivity contribution in [2.75, 3.05) is 39.6 Å². The molecule has 0 bridgehead atoms. The minimum Gasteiger partial charge on any atom is -0.462 e. The third-order valence-corrected chi connectivity index (χ3v) is 21.3. The van der Waals surface area contributed by atoms with Crippen LogP contribution in [0.15, 0.2) is 0 Å². The van der Waals surface area contributed by atoms with E-state index in [-0.39, 0.29) is 25.7 Å². The van der Waals surface area contributed by atoms with Gasteiger partial charge in [0.15, 0.2) is 12.2 Å². The number of phosphoric acid groups is 2. The Kier molecular flexibility index (Phi) is 69.6. The summed E-state index contributed by atoms with van der Waals surface area (Å²) in [6.07, 6.45) is 58.5. The lowest BCUT2D eigenvalue weighted by atomic mass is 9.99. The molecular weight excluding hydrogens is 1320 g/mol. The highest BCUT2D eigenvalue weighted by Gasteiger charge is 2.30. The Labute approximate surface area is 619 Å². The normalized spacial score (nSPS) is 14.3. The van der Waals surface area contributed by atoms with Crippen LogP contribution in [0.5, 0.6) is 0 Å². The maximum Gasteiger partial charge on any atom is 0.472 e. The van der Waals surface area contributed by atoms with Crippen LogP contribution >= 0.6 is 15.6 Å². The molecule has 0 saturated carbocycles. The van der Waals surface area contributed by atoms with E-state index >= 15 is 0 Å². The van der Waals surface area contributed by atoms with Crippen molar-refractivity contribution in [1.29, 1.82) is 0 Å². The largest absolute Gasteiger partial charge is 0.472 e. The summed E-state index contributed by atoms with van der Waals surface area (Å²) in [6.45, 7) is 14.2. The van der Waals surface area contributed by atoms with Crippen LogP contribution in [0.4, 0.5) is 0 Å². The topological polar surface area (TPSA) is 237 Å². The first kappa shape index (κ1) is 99.1. The first-order chi connectivity index (χ1) is 48.6. The lowest BCUT2D eigenvalue weighted by Gasteiger charge is -2.21. The summed E-state index contributed by atoms with van der Waals surface area (Å²) in [5, 5.41) is 10.6. The van der Waals surface area contributed by atoms with Crippen molar-refractivity contribution in [2.45, 2.75) is 440 Å². The molecule has 600 valence electrons. The molecule has 0 aromatic heterocycles. The molecule has 0 aliphatic heterocycles. The fraction of sp³-hybridized carbons (Fsp3) is 0.951. The van der Waals surface area contributed by atoms with Crippen LogP contribution in [0.2, 0.25) is 0 Å². The van der Waals surface area contributed by atoms with E-state index in [1.54, 1.807) is 0 Å². The van der Waals surface area contributed by atoms with Gasteiger partial charge in [0.25, 0.3) is 0 Å². The lowest BCUT2D eigenvalue weighted by molar-refractivity contribution is -0.161. The average molecular weight is 1480 g/mol. The molecule has 0 aromatic rings. The Morgan fingerprint density at radius 3 is 0.703 bits per heavy atom. The van der Waals surface area contributed by atoms with Crippen molar-refractivity contribution in [3.8, 4) is 0 Å². The molecular formula is C82H160O17P2. The van der Waals surface area contributed by atoms with Gasteiger partial charge >= 0.3 is 39.5 Å². The van der Waals surface area contributed by atoms with Crippen molar-refractivity contribution >= 4 is 39.5 Å². The molecule has 0 fully saturated rings. The van der Waals surface area contributed by atoms with Gasteiger partial charge in [0, 0.05) is 25.7 Å². The fourth-order valence-corrected chi connectivity index (χ4v) is 14.2. The standard InChI is InChI=1S/C82H160O17P2/c1-9-75(8)61-53-45-36-30-23-19-14-12-10-11-13-15-21-25-32-38-48-56-64-81(86)98-77(68-92-79(84)62-54-46-37-31-24-20-17-16-18-22-28-34-42-50-58-72(2)3)70-96-100(88,89)94-66-76(83)67-95-101(90,91)97-71-78(69-93-80(85)63-55-47-41-40-44-52-60-74(6)7)99-82(87)65-57-49-39-33-27-26-29-35-43-51-59-73(4)5/h72-78,83H,9-71H2,1-8H3,(H,88,89)(H,90,91)/t75?,76-,77-,78-/m1/s1. The zero-order chi connectivity index (χ0) is 74.6. The van der Waals surface area contributed by atoms with Gasteiger partial charge in [0.1, 0.15) is 19.3 Å². The highest BCUT2D eigenvalue weighted by molar-refractivity contribution is 7.47. The number of rotatable bonds is 79. The van der Waals surface area contributed by atoms with Gasteiger partial charge in [-0.25, -0.2) is 9.13 Å². The molecule has 0 spiro atoms. The third kappa shape index (κ3) is 74.7. The second kappa shape index (κ2) is 71.0. The van der Waals surface area contributed by atoms with Crippen molar-refractivity contribution in [1.82, 2.24) is 0 Å². The molecule has 0 aliphatic carbocycles. The Balaban J connectivity index is 5.21. The van der Waals surface area contributed by atoms with Gasteiger partial charge in [-0.05, 0) is 49.4 Å². The number of hydrogen-bond acceptors (Lipinski definition) is 15. The van der Waals surface area contributed by atoms with Gasteiger partial charge in [-0.15, -0.1) is 0 Å². The predicted octanol–water partition coefficient (Wildman–Crippen LogP) is 24.4. The Morgan fingerprint density at radius 1 is 0.277 bits per heavy atom. The lowest BCUT2D eigenvalue weighted by Crippen LogP contribution is -2.30. The smallest absolute Gasteiger partial charge is 0.462 e. The second-order valence-electron chi connectivity index (χ2n) is 31.2. The van der Waals surface area contributed by atoms with Crippen LogP contribution in [0.3, 0.4) is 0 Å². The van der Waals surface area contributed by atoms with Crippen LogP contribution in [-0.4, -0.2) is 96.7 Å². The molecule has 101 heavy (non-hydrogen) atoms. The first-order valence-electron chi connectivity index (χ1n) is 42.2. The molecule has 6 atom stereocenters. The van der Waals surface area contributed by atoms with Crippen molar-refractivity contribution in [3.05, 3.63) is 0 Å². The van der Waals surface area contributed by atoms with Crippen LogP contribution in [0.1, 0.15) is 421 Å². The second-order valence-corrected chi connectivity index (χ2v) is 34.1. The molecule has 0 rings (SSSR count). The molecule has 0 amide bonds. The Hall–Kier alpha value is -1.94. The van der Waals surface area contributed by atoms with Gasteiger partial charge in [-0.1, -0.05) is 370 Å². The summed E-state index contributed by atoms with van der Waals surface area (Å²) in [5.74, 6) is 0.986. The number of carbonyl (C=O) groups excluding carboxylic acids is 4. The summed E-state index contributed by atoms with van der Waals surface area (Å²) < 4.78 is 68.7. The van der Waals surface area contributed by atoms with Crippen LogP contribution in [0, 0.1) is 23.7 Å². The molecule has 3 N–H and O–H groups in total. The zero-order valence-electron chi connectivity index (χ0n) is 66.5. The van der Waals surface area contributed by atoms with Crippen molar-refractivity contribution in [3.63, 3.8) is 0 Å². The van der Waals surface area contributed by atoms with E-state index in [1.807, 2.05) is 0 Å². The maximum absolute atomic E-state index is 13.1. The molecule has 17 nitrogen and oxygen atoms in total. The minimum absolute atomic E-state index is 0.105. The van der Waals surface area contributed by atoms with Gasteiger partial charge in [0.05, 0.1) is 26.4 Å². The molecule has 0 saturated heterocycles. The van der Waals surface area contributed by atoms with E-state index in [0.717, 1.165) is 114 Å². The number of phosphoric ester groups is 2. The number of aliphatic hydroxyl groups is 1. The van der Waals surface area contributed by atoms with Gasteiger partial charge in [0.2, 0.25) is 0 Å². The summed E-state index contributed by atoms with van der Waals surface area (Å²) >= 11 is 0. The number of ether oxygens (including phenoxy) is 4. The molecule has 0 aromatic carbocycles. The quantitative estimate of drug-likeness (QED) is 0.0222. The maximum atomic E-state index is 13.1. The monoisotopic (exact) mass is 1480 g/mol. The van der Waals surface area contributed by atoms with E-state index < -0.39 is 97.5 Å². The predicted molar refractivity (Wildman–Crippen MR) is 414 cm³/mol. The van der Waals surface area contributed by atoms with E-state index in [1.165, 1.54) is 218 Å². The summed E-state index contributed by atoms with van der Waals surface area (Å²) in [7, 11) is -9.92. The van der Waals surface area contributed by atoms with Crippen LogP contribution < -0.4 is 0 Å². The number of hydrogen-bond donors (Lipinski definition) is 3. The van der Waals surface area contributed by atoms with E-state index in [4.69, 9.17) is 37.0 Å². The Morgan fingerprint density at radius 2 is 0.475 bits per heavy atom. The first-order valence-corrected chi connectivity index (χ1v) is 45.2. The third-order valence-electron chi connectivity index (χ3n) is 19.4. The van der Waals surface area contributed by atoms with E-state index in [0.29, 0.717) is 31.6 Å². The molecule has 3 unspecified atom stereocenters. The van der Waals surface area contributed by atoms with Crippen LogP contribution in [0.25, 0.3) is 0 Å². The number of unbranched alkanes of at least 4 members (excludes halogenated alkanes) is 44. The number of carbonyl (C=O) groups is 4. The van der Waals surface area contributed by atoms with Gasteiger partial charge in [-0.3, -0.25) is 37.3 Å². The summed E-state index contributed by atoms with van der Waals surface area (Å²) in [4.78, 5) is 73.0. The molecule has 0 aliphatic rings. The van der Waals surface area contributed by atoms with Crippen LogP contribution in [-0.2, 0) is 65.4 Å². The average Bonchev–Trinajstić information content (AvgIpc) is 0.994. The van der Waals surface area contributed by atoms with Crippen molar-refractivity contribution < 1.29 is 80.2 Å². The number of esters is 4. The van der Waals surface area contributed by atoms with Gasteiger partial charge < -0.3 is 33.8 Å². The summed E-state index contributed by atoms with van der Waals surface area (Å²) in [6, 6.07) is 0. The molecule has 0 heterocycles. The van der Waals surface area contributed by atoms with E-state index in [9.17, 15) is 43.2 Å². The minimum atomic E-state index is -4.96. The summed E-state index contributed by atoms with van der Waals surface area (Å²) in [5.41, 5.74) is 0. The molecule has 0 radical (unpaired) electrons. The van der Waals surface area contributed by atoms with Crippen molar-refractivity contribution in [2.24, 2.45) is 23.7 Å². The fourth-order valence-electron chi connectivity index (χ4n) is 12.6. The highest BCUT2D eigenvalue weighted by Crippen LogP contribution is 2.45. The van der Waals surface area contributed by atoms with E-state index in [2.05, 4.69) is 55.4 Å².